The third-order valence-electron chi connectivity index (χ3n) is 2.04. The number of anilines is 1. The van der Waals surface area contributed by atoms with Crippen molar-refractivity contribution in [1.29, 1.82) is 5.26 Å². The Kier molecular flexibility index (Phi) is 4.54. The molecule has 19 heavy (non-hydrogen) atoms. The zero-order valence-electron chi connectivity index (χ0n) is 10.1. The second-order valence-electron chi connectivity index (χ2n) is 3.46. The molecule has 0 aliphatic heterocycles. The molecule has 0 fully saturated rings. The summed E-state index contributed by atoms with van der Waals surface area (Å²) >= 11 is 0. The molecule has 1 rings (SSSR count). The summed E-state index contributed by atoms with van der Waals surface area (Å²) < 4.78 is 4.69. The summed E-state index contributed by atoms with van der Waals surface area (Å²) in [5, 5.41) is 8.70. The molecule has 1 aromatic rings. The van der Waals surface area contributed by atoms with Crippen molar-refractivity contribution in [3.05, 3.63) is 29.4 Å². The van der Waals surface area contributed by atoms with Crippen LogP contribution in [0.5, 0.6) is 0 Å². The van der Waals surface area contributed by atoms with E-state index in [2.05, 4.69) is 9.97 Å². The normalized spacial score (nSPS) is 11.2. The van der Waals surface area contributed by atoms with Crippen LogP contribution in [0.15, 0.2) is 23.7 Å². The zero-order valence-corrected chi connectivity index (χ0v) is 10.1. The van der Waals surface area contributed by atoms with E-state index in [0.717, 1.165) is 0 Å². The summed E-state index contributed by atoms with van der Waals surface area (Å²) in [6.45, 7) is 0.783. The molecule has 4 N–H and O–H groups in total. The van der Waals surface area contributed by atoms with E-state index in [1.807, 2.05) is 0 Å². The molecule has 0 bridgehead atoms. The number of esters is 1. The van der Waals surface area contributed by atoms with Gasteiger partial charge in [-0.1, -0.05) is 0 Å². The average Bonchev–Trinajstić information content (AvgIpc) is 2.37. The first-order valence-corrected chi connectivity index (χ1v) is 5.10. The van der Waals surface area contributed by atoms with Crippen LogP contribution in [0.25, 0.3) is 0 Å². The molecule has 8 nitrogen and oxygen atoms in total. The Bertz CT molecular complexity index is 584. The predicted octanol–water partition coefficient (Wildman–Crippen LogP) is -0.459. The molecule has 0 atom stereocenters. The Labute approximate surface area is 108 Å². The van der Waals surface area contributed by atoms with Crippen LogP contribution < -0.4 is 11.5 Å². The fraction of sp³-hybridized carbons (Fsp3) is 0.182. The molecular weight excluding hydrogens is 250 g/mol. The zero-order chi connectivity index (χ0) is 14.4. The number of hydrogen-bond acceptors (Lipinski definition) is 8. The van der Waals surface area contributed by atoms with E-state index in [1.54, 1.807) is 6.07 Å². The molecule has 0 unspecified atom stereocenters. The first-order valence-electron chi connectivity index (χ1n) is 5.10. The lowest BCUT2D eigenvalue weighted by atomic mass is 10.1. The van der Waals surface area contributed by atoms with Gasteiger partial charge in [-0.2, -0.15) is 5.26 Å². The molecule has 0 spiro atoms. The molecule has 0 amide bonds. The Morgan fingerprint density at radius 3 is 2.58 bits per heavy atom. The standard InChI is InChI=1S/C11H11N5O3/c1-6(13)7(4-12)8(17)5-19-11(18)9-10(14)16-3-2-15-9/h2-3H,5,13H2,1H3,(H2,14,16)/b7-6+. The molecular formula is C11H11N5O3. The van der Waals surface area contributed by atoms with Crippen molar-refractivity contribution in [1.82, 2.24) is 9.97 Å². The summed E-state index contributed by atoms with van der Waals surface area (Å²) in [6, 6.07) is 1.64. The van der Waals surface area contributed by atoms with Crippen LogP contribution in [0.2, 0.25) is 0 Å². The highest BCUT2D eigenvalue weighted by Crippen LogP contribution is 2.06. The van der Waals surface area contributed by atoms with E-state index in [4.69, 9.17) is 21.5 Å². The third-order valence-corrected chi connectivity index (χ3v) is 2.04. The highest BCUT2D eigenvalue weighted by molar-refractivity contribution is 6.02. The highest BCUT2D eigenvalue weighted by Gasteiger charge is 2.18. The van der Waals surface area contributed by atoms with E-state index in [-0.39, 0.29) is 22.8 Å². The summed E-state index contributed by atoms with van der Waals surface area (Å²) in [4.78, 5) is 30.4. The van der Waals surface area contributed by atoms with Crippen LogP contribution in [0.1, 0.15) is 17.4 Å². The monoisotopic (exact) mass is 261 g/mol. The second-order valence-corrected chi connectivity index (χ2v) is 3.46. The average molecular weight is 261 g/mol. The van der Waals surface area contributed by atoms with Crippen molar-refractivity contribution in [3.8, 4) is 6.07 Å². The number of nitrogens with two attached hydrogens (primary N) is 2. The van der Waals surface area contributed by atoms with Gasteiger partial charge in [-0.25, -0.2) is 14.8 Å². The minimum absolute atomic E-state index is 0.0579. The SMILES string of the molecule is C/C(N)=C(/C#N)C(=O)COC(=O)c1nccnc1N. The molecule has 98 valence electrons. The number of Topliss-reactive ketones (excluding diaryl/α,β-unsaturated/α-hetero) is 1. The minimum atomic E-state index is -0.897. The van der Waals surface area contributed by atoms with Crippen LogP contribution in [-0.4, -0.2) is 28.3 Å². The van der Waals surface area contributed by atoms with Gasteiger partial charge in [-0.05, 0) is 6.92 Å². The van der Waals surface area contributed by atoms with Crippen molar-refractivity contribution in [3.63, 3.8) is 0 Å². The van der Waals surface area contributed by atoms with Crippen molar-refractivity contribution in [2.45, 2.75) is 6.92 Å². The fourth-order valence-electron chi connectivity index (χ4n) is 1.15. The maximum Gasteiger partial charge on any atom is 0.361 e. The van der Waals surface area contributed by atoms with Crippen molar-refractivity contribution >= 4 is 17.6 Å². The smallest absolute Gasteiger partial charge is 0.361 e. The molecule has 8 heteroatoms. The van der Waals surface area contributed by atoms with Gasteiger partial charge in [-0.3, -0.25) is 4.79 Å². The van der Waals surface area contributed by atoms with Crippen LogP contribution in [0, 0.1) is 11.3 Å². The molecule has 0 aromatic carbocycles. The van der Waals surface area contributed by atoms with Gasteiger partial charge in [0.2, 0.25) is 5.78 Å². The Hall–Kier alpha value is -2.95. The van der Waals surface area contributed by atoms with Gasteiger partial charge in [0.25, 0.3) is 0 Å². The minimum Gasteiger partial charge on any atom is -0.452 e. The maximum absolute atomic E-state index is 11.6. The van der Waals surface area contributed by atoms with Crippen LogP contribution >= 0.6 is 0 Å². The Balaban J connectivity index is 2.72. The van der Waals surface area contributed by atoms with Gasteiger partial charge in [0.05, 0.1) is 0 Å². The van der Waals surface area contributed by atoms with Crippen molar-refractivity contribution in [2.75, 3.05) is 12.3 Å². The molecule has 1 aromatic heterocycles. The second kappa shape index (κ2) is 6.11. The predicted molar refractivity (Wildman–Crippen MR) is 64.2 cm³/mol. The Morgan fingerprint density at radius 1 is 1.42 bits per heavy atom. The summed E-state index contributed by atoms with van der Waals surface area (Å²) in [5.74, 6) is -1.70. The van der Waals surface area contributed by atoms with Crippen LogP contribution in [0.4, 0.5) is 5.82 Å². The molecule has 1 heterocycles. The summed E-state index contributed by atoms with van der Waals surface area (Å²) in [6.07, 6.45) is 2.57. The number of carbonyl (C=O) groups excluding carboxylic acids is 2. The lowest BCUT2D eigenvalue weighted by Gasteiger charge is -2.04. The number of nitriles is 1. The van der Waals surface area contributed by atoms with Gasteiger partial charge in [0, 0.05) is 18.1 Å². The van der Waals surface area contributed by atoms with Crippen molar-refractivity contribution in [2.24, 2.45) is 5.73 Å². The fourth-order valence-corrected chi connectivity index (χ4v) is 1.15. The molecule has 0 saturated heterocycles. The van der Waals surface area contributed by atoms with Crippen LogP contribution in [-0.2, 0) is 9.53 Å². The molecule has 0 aliphatic rings. The van der Waals surface area contributed by atoms with Crippen LogP contribution in [0.3, 0.4) is 0 Å². The van der Waals surface area contributed by atoms with Gasteiger partial charge in [0.15, 0.2) is 18.1 Å². The number of ketones is 1. The summed E-state index contributed by atoms with van der Waals surface area (Å²) in [5.41, 5.74) is 10.4. The number of carbonyl (C=O) groups is 2. The van der Waals surface area contributed by atoms with E-state index in [1.165, 1.54) is 19.3 Å². The number of allylic oxidation sites excluding steroid dienone is 1. The van der Waals surface area contributed by atoms with Gasteiger partial charge >= 0.3 is 5.97 Å². The molecule has 0 radical (unpaired) electrons. The van der Waals surface area contributed by atoms with Gasteiger partial charge in [-0.15, -0.1) is 0 Å². The van der Waals surface area contributed by atoms with Gasteiger partial charge < -0.3 is 16.2 Å². The first-order chi connectivity index (χ1) is 8.97. The highest BCUT2D eigenvalue weighted by atomic mass is 16.5. The number of aromatic nitrogens is 2. The lowest BCUT2D eigenvalue weighted by Crippen LogP contribution is -2.19. The maximum atomic E-state index is 11.6. The van der Waals surface area contributed by atoms with E-state index >= 15 is 0 Å². The van der Waals surface area contributed by atoms with Crippen molar-refractivity contribution < 1.29 is 14.3 Å². The van der Waals surface area contributed by atoms with E-state index < -0.39 is 18.4 Å². The topological polar surface area (TPSA) is 145 Å². The molecule has 0 saturated carbocycles. The number of hydrogen-bond donors (Lipinski definition) is 2. The Morgan fingerprint density at radius 2 is 2.05 bits per heavy atom. The summed E-state index contributed by atoms with van der Waals surface area (Å²) in [7, 11) is 0. The quantitative estimate of drug-likeness (QED) is 0.420. The largest absolute Gasteiger partial charge is 0.452 e. The van der Waals surface area contributed by atoms with E-state index in [0.29, 0.717) is 0 Å². The lowest BCUT2D eigenvalue weighted by molar-refractivity contribution is -0.118. The number of nitrogens with zero attached hydrogens (tertiary/aromatic N) is 3. The number of nitrogen functional groups attached to an aromatic ring is 1. The molecule has 0 aliphatic carbocycles. The van der Waals surface area contributed by atoms with E-state index in [9.17, 15) is 9.59 Å². The third kappa shape index (κ3) is 3.50. The number of rotatable bonds is 4. The first kappa shape index (κ1) is 14.1. The number of ether oxygens (including phenoxy) is 1. The van der Waals surface area contributed by atoms with Gasteiger partial charge in [0.1, 0.15) is 11.6 Å².